The first-order valence-electron chi connectivity index (χ1n) is 4.37. The van der Waals surface area contributed by atoms with Gasteiger partial charge < -0.3 is 20.6 Å². The van der Waals surface area contributed by atoms with Crippen LogP contribution in [0.5, 0.6) is 0 Å². The van der Waals surface area contributed by atoms with E-state index in [2.05, 4.69) is 5.32 Å². The fraction of sp³-hybridized carbons (Fsp3) is 0.222. The van der Waals surface area contributed by atoms with Crippen LogP contribution in [0.4, 0.5) is 0 Å². The van der Waals surface area contributed by atoms with Crippen LogP contribution in [0.3, 0.4) is 0 Å². The molecule has 0 fully saturated rings. The summed E-state index contributed by atoms with van der Waals surface area (Å²) in [6.45, 7) is 0. The molecule has 0 amide bonds. The maximum absolute atomic E-state index is 10.9. The van der Waals surface area contributed by atoms with Crippen molar-refractivity contribution in [2.45, 2.75) is 6.42 Å². The van der Waals surface area contributed by atoms with Gasteiger partial charge in [0.1, 0.15) is 5.70 Å². The lowest BCUT2D eigenvalue weighted by Crippen LogP contribution is -2.43. The van der Waals surface area contributed by atoms with Crippen molar-refractivity contribution in [3.8, 4) is 0 Å². The first-order valence-corrected chi connectivity index (χ1v) is 4.37. The van der Waals surface area contributed by atoms with E-state index in [4.69, 9.17) is 15.3 Å². The number of dihydropyridines is 1. The predicted molar refractivity (Wildman–Crippen MR) is 48.2 cm³/mol. The summed E-state index contributed by atoms with van der Waals surface area (Å²) in [4.78, 5) is 32.4. The SMILES string of the molecule is O=C(O)C1=C(C(=O)O)C2CC(=C2C(=O)O)N1. The Labute approximate surface area is 88.7 Å². The lowest BCUT2D eigenvalue weighted by Gasteiger charge is -2.37. The highest BCUT2D eigenvalue weighted by atomic mass is 16.4. The van der Waals surface area contributed by atoms with Gasteiger partial charge in [0, 0.05) is 11.6 Å². The molecule has 3 aliphatic rings. The van der Waals surface area contributed by atoms with Crippen molar-refractivity contribution in [2.75, 3.05) is 0 Å². The highest BCUT2D eigenvalue weighted by Crippen LogP contribution is 2.43. The monoisotopic (exact) mass is 225 g/mol. The molecule has 7 nitrogen and oxygen atoms in total. The summed E-state index contributed by atoms with van der Waals surface area (Å²) < 4.78 is 0. The number of fused-ring (bicyclic) bond motifs is 1. The minimum absolute atomic E-state index is 0.0533. The highest BCUT2D eigenvalue weighted by molar-refractivity contribution is 6.04. The molecule has 0 saturated heterocycles. The van der Waals surface area contributed by atoms with Crippen LogP contribution in [0.1, 0.15) is 6.42 Å². The van der Waals surface area contributed by atoms with E-state index >= 15 is 0 Å². The minimum Gasteiger partial charge on any atom is -0.478 e. The summed E-state index contributed by atoms with van der Waals surface area (Å²) in [5.41, 5.74) is -0.606. The quantitative estimate of drug-likeness (QED) is 0.504. The molecule has 0 radical (unpaired) electrons. The molecular formula is C9H7NO6. The van der Waals surface area contributed by atoms with Crippen molar-refractivity contribution in [1.29, 1.82) is 0 Å². The van der Waals surface area contributed by atoms with Crippen molar-refractivity contribution in [2.24, 2.45) is 5.92 Å². The Kier molecular flexibility index (Phi) is 1.97. The average molecular weight is 225 g/mol. The molecule has 84 valence electrons. The van der Waals surface area contributed by atoms with Crippen LogP contribution in [-0.4, -0.2) is 33.2 Å². The molecule has 1 atom stereocenters. The van der Waals surface area contributed by atoms with E-state index in [1.807, 2.05) is 0 Å². The van der Waals surface area contributed by atoms with E-state index in [1.165, 1.54) is 0 Å². The number of carbonyl (C=O) groups is 3. The first kappa shape index (κ1) is 10.2. The third-order valence-corrected chi connectivity index (χ3v) is 2.65. The zero-order valence-electron chi connectivity index (χ0n) is 7.85. The zero-order chi connectivity index (χ0) is 12.0. The summed E-state index contributed by atoms with van der Waals surface area (Å²) in [5.74, 6) is -4.85. The van der Waals surface area contributed by atoms with Crippen molar-refractivity contribution >= 4 is 17.9 Å². The Balaban J connectivity index is 2.47. The molecule has 7 heteroatoms. The van der Waals surface area contributed by atoms with Crippen molar-refractivity contribution in [3.63, 3.8) is 0 Å². The molecule has 3 rings (SSSR count). The van der Waals surface area contributed by atoms with Crippen LogP contribution in [0.2, 0.25) is 0 Å². The van der Waals surface area contributed by atoms with Crippen LogP contribution in [0, 0.1) is 5.92 Å². The predicted octanol–water partition coefficient (Wildman–Crippen LogP) is -0.628. The van der Waals surface area contributed by atoms with E-state index in [0.717, 1.165) is 0 Å². The molecule has 4 N–H and O–H groups in total. The standard InChI is InChI=1S/C9H7NO6/c11-7(12)4-2-1-3(4)10-6(9(15)16)5(2)8(13)14/h2,10H,1H2,(H,11,12)(H,13,14)(H,15,16). The third kappa shape index (κ3) is 1.18. The number of hydrogen-bond acceptors (Lipinski definition) is 4. The second kappa shape index (κ2) is 3.09. The molecule has 16 heavy (non-hydrogen) atoms. The molecular weight excluding hydrogens is 218 g/mol. The van der Waals surface area contributed by atoms with E-state index in [0.29, 0.717) is 0 Å². The van der Waals surface area contributed by atoms with Gasteiger partial charge in [-0.05, 0) is 6.42 Å². The normalized spacial score (nSPS) is 22.4. The maximum atomic E-state index is 10.9. The Morgan fingerprint density at radius 3 is 2.00 bits per heavy atom. The average Bonchev–Trinajstić information content (AvgIpc) is 2.14. The van der Waals surface area contributed by atoms with E-state index in [1.54, 1.807) is 0 Å². The molecule has 2 aliphatic heterocycles. The molecule has 0 saturated carbocycles. The summed E-state index contributed by atoms with van der Waals surface area (Å²) in [6.07, 6.45) is 0.236. The van der Waals surface area contributed by atoms with Gasteiger partial charge in [0.2, 0.25) is 0 Å². The second-order valence-electron chi connectivity index (χ2n) is 3.48. The van der Waals surface area contributed by atoms with Crippen molar-refractivity contribution < 1.29 is 29.7 Å². The molecule has 2 heterocycles. The van der Waals surface area contributed by atoms with E-state index in [-0.39, 0.29) is 23.3 Å². The van der Waals surface area contributed by atoms with Crippen LogP contribution in [0.25, 0.3) is 0 Å². The number of hydrogen-bond donors (Lipinski definition) is 4. The van der Waals surface area contributed by atoms with Crippen molar-refractivity contribution in [1.82, 2.24) is 5.32 Å². The first-order chi connectivity index (χ1) is 7.43. The largest absolute Gasteiger partial charge is 0.478 e. The number of nitrogens with one attached hydrogen (secondary N) is 1. The van der Waals surface area contributed by atoms with Gasteiger partial charge in [-0.2, -0.15) is 0 Å². The zero-order valence-corrected chi connectivity index (χ0v) is 7.85. The van der Waals surface area contributed by atoms with Crippen LogP contribution in [0.15, 0.2) is 22.5 Å². The number of aliphatic carboxylic acids is 3. The molecule has 0 aromatic carbocycles. The van der Waals surface area contributed by atoms with Gasteiger partial charge in [0.25, 0.3) is 0 Å². The van der Waals surface area contributed by atoms with Gasteiger partial charge in [-0.3, -0.25) is 0 Å². The topological polar surface area (TPSA) is 124 Å². The summed E-state index contributed by atoms with van der Waals surface area (Å²) in [5, 5.41) is 28.8. The highest BCUT2D eigenvalue weighted by Gasteiger charge is 2.46. The van der Waals surface area contributed by atoms with Crippen molar-refractivity contribution in [3.05, 3.63) is 22.5 Å². The Morgan fingerprint density at radius 2 is 1.56 bits per heavy atom. The van der Waals surface area contributed by atoms with Gasteiger partial charge in [-0.1, -0.05) is 0 Å². The molecule has 0 spiro atoms. The second-order valence-corrected chi connectivity index (χ2v) is 3.48. The minimum atomic E-state index is -1.41. The van der Waals surface area contributed by atoms with Gasteiger partial charge in [0.15, 0.2) is 0 Å². The molecule has 0 aromatic heterocycles. The number of allylic oxidation sites excluding steroid dienone is 1. The van der Waals surface area contributed by atoms with E-state index in [9.17, 15) is 14.4 Å². The molecule has 0 aromatic rings. The third-order valence-electron chi connectivity index (χ3n) is 2.65. The fourth-order valence-electron chi connectivity index (χ4n) is 1.96. The number of rotatable bonds is 3. The number of carboxylic acids is 3. The van der Waals surface area contributed by atoms with Crippen LogP contribution >= 0.6 is 0 Å². The lowest BCUT2D eigenvalue weighted by molar-refractivity contribution is -0.138. The summed E-state index contributed by atoms with van der Waals surface area (Å²) >= 11 is 0. The summed E-state index contributed by atoms with van der Waals surface area (Å²) in [6, 6.07) is 0. The Morgan fingerprint density at radius 1 is 1.00 bits per heavy atom. The molecule has 2 bridgehead atoms. The lowest BCUT2D eigenvalue weighted by atomic mass is 9.72. The smallest absolute Gasteiger partial charge is 0.352 e. The fourth-order valence-corrected chi connectivity index (χ4v) is 1.96. The van der Waals surface area contributed by atoms with Crippen LogP contribution < -0.4 is 5.32 Å². The van der Waals surface area contributed by atoms with Gasteiger partial charge in [-0.15, -0.1) is 0 Å². The van der Waals surface area contributed by atoms with E-state index < -0.39 is 29.5 Å². The van der Waals surface area contributed by atoms with Gasteiger partial charge >= 0.3 is 17.9 Å². The maximum Gasteiger partial charge on any atom is 0.352 e. The summed E-state index contributed by atoms with van der Waals surface area (Å²) in [7, 11) is 0. The molecule has 1 aliphatic carbocycles. The van der Waals surface area contributed by atoms with Crippen LogP contribution in [-0.2, 0) is 14.4 Å². The van der Waals surface area contributed by atoms with Gasteiger partial charge in [0.05, 0.1) is 11.1 Å². The van der Waals surface area contributed by atoms with Gasteiger partial charge in [-0.25, -0.2) is 14.4 Å². The Bertz CT molecular complexity index is 486. The Hall–Kier alpha value is -2.31. The number of carboxylic acid groups (broad SMARTS) is 3. The molecule has 1 unspecified atom stereocenters.